The van der Waals surface area contributed by atoms with Crippen molar-refractivity contribution in [2.75, 3.05) is 13.1 Å². The number of halogens is 2. The summed E-state index contributed by atoms with van der Waals surface area (Å²) in [6.07, 6.45) is 0.925. The van der Waals surface area contributed by atoms with Gasteiger partial charge in [0.1, 0.15) is 4.34 Å². The third kappa shape index (κ3) is 2.51. The molecule has 3 nitrogen and oxygen atoms in total. The van der Waals surface area contributed by atoms with E-state index >= 15 is 0 Å². The van der Waals surface area contributed by atoms with Crippen LogP contribution < -0.4 is 10.6 Å². The van der Waals surface area contributed by atoms with Gasteiger partial charge in [-0.1, -0.05) is 23.2 Å². The monoisotopic (exact) mass is 278 g/mol. The minimum absolute atomic E-state index is 0.153. The molecule has 0 spiro atoms. The molecule has 1 aliphatic heterocycles. The third-order valence-corrected chi connectivity index (χ3v) is 4.17. The van der Waals surface area contributed by atoms with Crippen LogP contribution in [0.25, 0.3) is 0 Å². The van der Waals surface area contributed by atoms with E-state index in [2.05, 4.69) is 10.6 Å². The fraction of sp³-hybridized carbons (Fsp3) is 0.500. The lowest BCUT2D eigenvalue weighted by Gasteiger charge is -2.24. The lowest BCUT2D eigenvalue weighted by atomic mass is 10.0. The molecule has 1 atom stereocenters. The number of carbonyl (C=O) groups is 1. The van der Waals surface area contributed by atoms with Gasteiger partial charge >= 0.3 is 0 Å². The molecular weight excluding hydrogens is 267 g/mol. The van der Waals surface area contributed by atoms with Crippen molar-refractivity contribution in [2.24, 2.45) is 0 Å². The zero-order chi connectivity index (χ0) is 11.8. The Labute approximate surface area is 108 Å². The summed E-state index contributed by atoms with van der Waals surface area (Å²) >= 11 is 12.9. The summed E-state index contributed by atoms with van der Waals surface area (Å²) in [4.78, 5) is 12.0. The van der Waals surface area contributed by atoms with Crippen LogP contribution in [0.5, 0.6) is 0 Å². The van der Waals surface area contributed by atoms with Gasteiger partial charge in [0, 0.05) is 6.54 Å². The summed E-state index contributed by atoms with van der Waals surface area (Å²) in [5, 5.41) is 6.21. The van der Waals surface area contributed by atoms with Crippen LogP contribution in [0, 0.1) is 0 Å². The third-order valence-electron chi connectivity index (χ3n) is 2.69. The Bertz CT molecular complexity index is 413. The van der Waals surface area contributed by atoms with Crippen molar-refractivity contribution in [1.82, 2.24) is 10.6 Å². The average molecular weight is 279 g/mol. The molecule has 1 amide bonds. The van der Waals surface area contributed by atoms with Gasteiger partial charge in [-0.2, -0.15) is 0 Å². The van der Waals surface area contributed by atoms with Crippen LogP contribution >= 0.6 is 34.5 Å². The molecule has 2 heterocycles. The van der Waals surface area contributed by atoms with Gasteiger partial charge in [-0.3, -0.25) is 4.79 Å². The largest absolute Gasteiger partial charge is 0.345 e. The second kappa shape index (κ2) is 4.53. The molecule has 1 aromatic rings. The molecular formula is C10H12Cl2N2OS. The minimum Gasteiger partial charge on any atom is -0.345 e. The van der Waals surface area contributed by atoms with E-state index in [4.69, 9.17) is 23.2 Å². The van der Waals surface area contributed by atoms with E-state index in [9.17, 15) is 4.79 Å². The van der Waals surface area contributed by atoms with E-state index in [1.165, 1.54) is 11.3 Å². The van der Waals surface area contributed by atoms with Crippen LogP contribution in [0.1, 0.15) is 23.7 Å². The second-order valence-electron chi connectivity index (χ2n) is 4.18. The summed E-state index contributed by atoms with van der Waals surface area (Å²) in [5.41, 5.74) is 0.277. The van der Waals surface area contributed by atoms with Gasteiger partial charge in [0.05, 0.1) is 15.4 Å². The van der Waals surface area contributed by atoms with Crippen molar-refractivity contribution in [3.63, 3.8) is 0 Å². The van der Waals surface area contributed by atoms with Crippen LogP contribution in [0.3, 0.4) is 0 Å². The van der Waals surface area contributed by atoms with Gasteiger partial charge in [-0.15, -0.1) is 11.3 Å². The van der Waals surface area contributed by atoms with Crippen molar-refractivity contribution in [3.8, 4) is 0 Å². The molecule has 1 unspecified atom stereocenters. The highest BCUT2D eigenvalue weighted by molar-refractivity contribution is 7.20. The first-order valence-electron chi connectivity index (χ1n) is 4.98. The number of rotatable bonds is 2. The number of carbonyl (C=O) groups excluding carboxylic acids is 1. The first kappa shape index (κ1) is 12.2. The molecule has 1 fully saturated rings. The first-order chi connectivity index (χ1) is 7.50. The minimum atomic E-state index is -0.186. The molecule has 0 aromatic carbocycles. The van der Waals surface area contributed by atoms with Gasteiger partial charge in [-0.05, 0) is 26.0 Å². The first-order valence-corrected chi connectivity index (χ1v) is 6.55. The molecule has 1 saturated heterocycles. The number of amides is 1. The van der Waals surface area contributed by atoms with Crippen molar-refractivity contribution < 1.29 is 4.79 Å². The van der Waals surface area contributed by atoms with E-state index in [-0.39, 0.29) is 11.4 Å². The van der Waals surface area contributed by atoms with Crippen molar-refractivity contribution in [3.05, 3.63) is 20.3 Å². The maximum absolute atomic E-state index is 12.0. The summed E-state index contributed by atoms with van der Waals surface area (Å²) in [7, 11) is 0. The second-order valence-corrected chi connectivity index (χ2v) is 6.47. The Morgan fingerprint density at radius 3 is 2.88 bits per heavy atom. The Kier molecular flexibility index (Phi) is 3.45. The predicted octanol–water partition coefficient (Wildman–Crippen LogP) is 2.54. The van der Waals surface area contributed by atoms with Gasteiger partial charge in [0.15, 0.2) is 0 Å². The molecule has 0 radical (unpaired) electrons. The van der Waals surface area contributed by atoms with Crippen LogP contribution in [-0.2, 0) is 0 Å². The Balaban J connectivity index is 2.11. The average Bonchev–Trinajstić information content (AvgIpc) is 2.73. The lowest BCUT2D eigenvalue weighted by molar-refractivity contribution is 0.0913. The van der Waals surface area contributed by atoms with E-state index in [1.807, 2.05) is 6.92 Å². The molecule has 2 N–H and O–H groups in total. The van der Waals surface area contributed by atoms with Crippen molar-refractivity contribution in [2.45, 2.75) is 18.9 Å². The van der Waals surface area contributed by atoms with Crippen LogP contribution in [0.15, 0.2) is 6.07 Å². The fourth-order valence-electron chi connectivity index (χ4n) is 1.76. The van der Waals surface area contributed by atoms with E-state index in [0.717, 1.165) is 19.5 Å². The van der Waals surface area contributed by atoms with E-state index in [0.29, 0.717) is 14.2 Å². The maximum atomic E-state index is 12.0. The lowest BCUT2D eigenvalue weighted by Crippen LogP contribution is -2.47. The van der Waals surface area contributed by atoms with E-state index in [1.54, 1.807) is 6.07 Å². The number of nitrogens with one attached hydrogen (secondary N) is 2. The molecule has 16 heavy (non-hydrogen) atoms. The van der Waals surface area contributed by atoms with Crippen LogP contribution in [0.4, 0.5) is 0 Å². The Morgan fingerprint density at radius 2 is 2.38 bits per heavy atom. The molecule has 0 bridgehead atoms. The molecule has 1 aromatic heterocycles. The van der Waals surface area contributed by atoms with Crippen LogP contribution in [0.2, 0.25) is 8.67 Å². The smallest absolute Gasteiger partial charge is 0.254 e. The number of thiophene rings is 1. The normalized spacial score (nSPS) is 24.7. The summed E-state index contributed by atoms with van der Waals surface area (Å²) < 4.78 is 0.974. The highest BCUT2D eigenvalue weighted by Crippen LogP contribution is 2.31. The summed E-state index contributed by atoms with van der Waals surface area (Å²) in [6.45, 7) is 3.73. The number of hydrogen-bond donors (Lipinski definition) is 2. The standard InChI is InChI=1S/C10H12Cl2N2OS/c1-10(2-3-13-5-10)14-9(15)6-4-7(11)16-8(6)12/h4,13H,2-3,5H2,1H3,(H,14,15). The molecule has 2 rings (SSSR count). The zero-order valence-corrected chi connectivity index (χ0v) is 11.1. The van der Waals surface area contributed by atoms with Gasteiger partial charge in [0.25, 0.3) is 5.91 Å². The topological polar surface area (TPSA) is 41.1 Å². The zero-order valence-electron chi connectivity index (χ0n) is 8.77. The van der Waals surface area contributed by atoms with Gasteiger partial charge in [0.2, 0.25) is 0 Å². The molecule has 6 heteroatoms. The van der Waals surface area contributed by atoms with Crippen LogP contribution in [-0.4, -0.2) is 24.5 Å². The SMILES string of the molecule is CC1(NC(=O)c2cc(Cl)sc2Cl)CCNC1. The maximum Gasteiger partial charge on any atom is 0.254 e. The highest BCUT2D eigenvalue weighted by atomic mass is 35.5. The quantitative estimate of drug-likeness (QED) is 0.873. The summed E-state index contributed by atoms with van der Waals surface area (Å²) in [5.74, 6) is -0.153. The molecule has 0 saturated carbocycles. The predicted molar refractivity (Wildman–Crippen MR) is 67.7 cm³/mol. The van der Waals surface area contributed by atoms with E-state index < -0.39 is 0 Å². The molecule has 0 aliphatic carbocycles. The van der Waals surface area contributed by atoms with Gasteiger partial charge < -0.3 is 10.6 Å². The Morgan fingerprint density at radius 1 is 1.62 bits per heavy atom. The number of hydrogen-bond acceptors (Lipinski definition) is 3. The molecule has 1 aliphatic rings. The molecule has 88 valence electrons. The van der Waals surface area contributed by atoms with Gasteiger partial charge in [-0.25, -0.2) is 0 Å². The Hall–Kier alpha value is -0.290. The highest BCUT2D eigenvalue weighted by Gasteiger charge is 2.31. The fourth-order valence-corrected chi connectivity index (χ4v) is 3.22. The van der Waals surface area contributed by atoms with Crippen molar-refractivity contribution in [1.29, 1.82) is 0 Å². The summed E-state index contributed by atoms with van der Waals surface area (Å²) in [6, 6.07) is 1.61. The van der Waals surface area contributed by atoms with Crippen molar-refractivity contribution >= 4 is 40.4 Å².